The maximum Gasteiger partial charge on any atom is 0.516 e. The number of nitrogens with two attached hydrogens (primary N) is 1. The van der Waals surface area contributed by atoms with Crippen LogP contribution in [-0.4, -0.2) is 36.4 Å². The minimum atomic E-state index is -1.24. The van der Waals surface area contributed by atoms with Gasteiger partial charge in [-0.25, -0.2) is 14.4 Å². The van der Waals surface area contributed by atoms with Gasteiger partial charge in [-0.1, -0.05) is 29.4 Å². The molecule has 0 radical (unpaired) electrons. The minimum Gasteiger partial charge on any atom is -0.444 e. The second-order valence-corrected chi connectivity index (χ2v) is 7.26. The number of hydrogen-bond acceptors (Lipinski definition) is 8. The van der Waals surface area contributed by atoms with E-state index in [0.717, 1.165) is 0 Å². The molecule has 30 heavy (non-hydrogen) atoms. The molecule has 0 saturated heterocycles. The molecule has 1 rings (SSSR count). The number of carbonyl (C=O) groups excluding carboxylic acids is 3. The van der Waals surface area contributed by atoms with E-state index in [2.05, 4.69) is 15.3 Å². The number of carbonyl (C=O) groups is 3. The molecule has 0 spiro atoms. The second kappa shape index (κ2) is 12.3. The first-order chi connectivity index (χ1) is 14.2. The lowest BCUT2D eigenvalue weighted by Crippen LogP contribution is -2.44. The Kier molecular flexibility index (Phi) is 10.1. The quantitative estimate of drug-likeness (QED) is 0.153. The van der Waals surface area contributed by atoms with E-state index in [1.807, 2.05) is 0 Å². The van der Waals surface area contributed by atoms with Crippen molar-refractivity contribution in [1.29, 1.82) is 0 Å². The number of alkyl carbamates (subject to hydrolysis) is 1. The molecule has 11 heteroatoms. The normalized spacial score (nSPS) is 11.6. The standard InChI is InChI=1S/C19H27N5O6/c1-19(2,3)30-17(26)22-15(10-6-7-11-20)16(25)29-18(27)28-12-13-8-4-5-9-14(13)23-24-21/h4-5,8-9,15H,6-7,10-12,20H2,1-3H3,(H,22,26)/t15-/m0/s1. The Hall–Kier alpha value is -3.30. The molecule has 0 bridgehead atoms. The van der Waals surface area contributed by atoms with Gasteiger partial charge in [-0.05, 0) is 57.7 Å². The molecule has 164 valence electrons. The highest BCUT2D eigenvalue weighted by atomic mass is 16.7. The van der Waals surface area contributed by atoms with Gasteiger partial charge in [-0.3, -0.25) is 0 Å². The molecule has 0 heterocycles. The molecule has 1 atom stereocenters. The highest BCUT2D eigenvalue weighted by molar-refractivity contribution is 5.88. The van der Waals surface area contributed by atoms with Crippen LogP contribution in [0.2, 0.25) is 0 Å². The number of ether oxygens (including phenoxy) is 3. The van der Waals surface area contributed by atoms with Crippen LogP contribution in [0.25, 0.3) is 10.4 Å². The molecular formula is C19H27N5O6. The van der Waals surface area contributed by atoms with Crippen LogP contribution < -0.4 is 11.1 Å². The van der Waals surface area contributed by atoms with Crippen LogP contribution in [0, 0.1) is 0 Å². The fourth-order valence-corrected chi connectivity index (χ4v) is 2.29. The van der Waals surface area contributed by atoms with Gasteiger partial charge in [-0.2, -0.15) is 0 Å². The van der Waals surface area contributed by atoms with Crippen LogP contribution in [0.5, 0.6) is 0 Å². The van der Waals surface area contributed by atoms with Crippen molar-refractivity contribution in [3.63, 3.8) is 0 Å². The van der Waals surface area contributed by atoms with Crippen molar-refractivity contribution in [2.45, 2.75) is 58.3 Å². The molecule has 0 unspecified atom stereocenters. The number of unbranched alkanes of at least 4 members (excludes halogenated alkanes) is 1. The fourth-order valence-electron chi connectivity index (χ4n) is 2.29. The molecule has 0 fully saturated rings. The van der Waals surface area contributed by atoms with E-state index in [1.165, 1.54) is 0 Å². The molecule has 0 aromatic heterocycles. The summed E-state index contributed by atoms with van der Waals surface area (Å²) in [6.07, 6.45) is -0.692. The number of esters is 1. The zero-order chi connectivity index (χ0) is 22.6. The Morgan fingerprint density at radius 2 is 1.93 bits per heavy atom. The number of rotatable bonds is 9. The van der Waals surface area contributed by atoms with E-state index in [0.29, 0.717) is 24.9 Å². The zero-order valence-corrected chi connectivity index (χ0v) is 17.3. The first-order valence-corrected chi connectivity index (χ1v) is 9.37. The predicted octanol–water partition coefficient (Wildman–Crippen LogP) is 3.83. The van der Waals surface area contributed by atoms with Gasteiger partial charge in [0.25, 0.3) is 0 Å². The highest BCUT2D eigenvalue weighted by Gasteiger charge is 2.27. The minimum absolute atomic E-state index is 0.211. The van der Waals surface area contributed by atoms with Crippen LogP contribution in [0.15, 0.2) is 29.4 Å². The highest BCUT2D eigenvalue weighted by Crippen LogP contribution is 2.20. The van der Waals surface area contributed by atoms with Crippen molar-refractivity contribution in [1.82, 2.24) is 5.32 Å². The second-order valence-electron chi connectivity index (χ2n) is 7.26. The molecule has 11 nitrogen and oxygen atoms in total. The van der Waals surface area contributed by atoms with Gasteiger partial charge in [0, 0.05) is 10.6 Å². The smallest absolute Gasteiger partial charge is 0.444 e. The summed E-state index contributed by atoms with van der Waals surface area (Å²) in [7, 11) is 0. The molecule has 0 aliphatic carbocycles. The average Bonchev–Trinajstić information content (AvgIpc) is 2.65. The third kappa shape index (κ3) is 9.76. The van der Waals surface area contributed by atoms with Crippen LogP contribution in [-0.2, 0) is 25.6 Å². The van der Waals surface area contributed by atoms with Crippen LogP contribution >= 0.6 is 0 Å². The Morgan fingerprint density at radius 1 is 1.23 bits per heavy atom. The molecule has 1 amide bonds. The van der Waals surface area contributed by atoms with Crippen molar-refractivity contribution >= 4 is 23.9 Å². The van der Waals surface area contributed by atoms with Crippen molar-refractivity contribution in [2.75, 3.05) is 6.54 Å². The van der Waals surface area contributed by atoms with Crippen LogP contribution in [0.4, 0.5) is 15.3 Å². The zero-order valence-electron chi connectivity index (χ0n) is 17.3. The maximum absolute atomic E-state index is 12.3. The lowest BCUT2D eigenvalue weighted by atomic mass is 10.1. The topological polar surface area (TPSA) is 166 Å². The maximum atomic E-state index is 12.3. The molecule has 1 aromatic carbocycles. The van der Waals surface area contributed by atoms with Crippen molar-refractivity contribution in [3.8, 4) is 0 Å². The van der Waals surface area contributed by atoms with Crippen LogP contribution in [0.3, 0.4) is 0 Å². The summed E-state index contributed by atoms with van der Waals surface area (Å²) in [5, 5.41) is 5.89. The summed E-state index contributed by atoms with van der Waals surface area (Å²) in [6.45, 7) is 5.19. The summed E-state index contributed by atoms with van der Waals surface area (Å²) in [5.74, 6) is -0.980. The third-order valence-electron chi connectivity index (χ3n) is 3.60. The van der Waals surface area contributed by atoms with Crippen LogP contribution in [0.1, 0.15) is 45.6 Å². The number of azide groups is 1. The summed E-state index contributed by atoms with van der Waals surface area (Å²) in [6, 6.07) is 5.37. The number of nitrogens with one attached hydrogen (secondary N) is 1. The molecule has 0 aliphatic rings. The van der Waals surface area contributed by atoms with Gasteiger partial charge in [0.1, 0.15) is 18.2 Å². The van der Waals surface area contributed by atoms with E-state index in [1.54, 1.807) is 45.0 Å². The number of nitrogens with zero attached hydrogens (tertiary/aromatic N) is 3. The lowest BCUT2D eigenvalue weighted by Gasteiger charge is -2.22. The predicted molar refractivity (Wildman–Crippen MR) is 108 cm³/mol. The van der Waals surface area contributed by atoms with E-state index in [4.69, 9.17) is 25.5 Å². The molecule has 1 aromatic rings. The first-order valence-electron chi connectivity index (χ1n) is 9.37. The van der Waals surface area contributed by atoms with Gasteiger partial charge in [0.2, 0.25) is 0 Å². The number of amides is 1. The molecule has 0 saturated carbocycles. The Labute approximate surface area is 174 Å². The SMILES string of the molecule is CC(C)(C)OC(=O)N[C@@H](CCCCN)C(=O)OC(=O)OCc1ccccc1N=[N+]=[N-]. The van der Waals surface area contributed by atoms with Gasteiger partial charge in [0.05, 0.1) is 0 Å². The first kappa shape index (κ1) is 24.7. The van der Waals surface area contributed by atoms with E-state index < -0.39 is 29.9 Å². The van der Waals surface area contributed by atoms with Gasteiger partial charge in [-0.15, -0.1) is 0 Å². The Bertz CT molecular complexity index is 786. The fraction of sp³-hybridized carbons (Fsp3) is 0.526. The third-order valence-corrected chi connectivity index (χ3v) is 3.60. The van der Waals surface area contributed by atoms with Gasteiger partial charge in [0.15, 0.2) is 0 Å². The molecular weight excluding hydrogens is 394 g/mol. The summed E-state index contributed by atoms with van der Waals surface area (Å²) >= 11 is 0. The number of benzene rings is 1. The van der Waals surface area contributed by atoms with Crippen molar-refractivity contribution in [3.05, 3.63) is 40.3 Å². The summed E-state index contributed by atoms with van der Waals surface area (Å²) in [4.78, 5) is 38.9. The van der Waals surface area contributed by atoms with Crippen molar-refractivity contribution in [2.24, 2.45) is 10.8 Å². The number of hydrogen-bond donors (Lipinski definition) is 2. The van der Waals surface area contributed by atoms with E-state index in [-0.39, 0.29) is 18.7 Å². The largest absolute Gasteiger partial charge is 0.516 e. The monoisotopic (exact) mass is 421 g/mol. The van der Waals surface area contributed by atoms with E-state index >= 15 is 0 Å². The summed E-state index contributed by atoms with van der Waals surface area (Å²) < 4.78 is 14.7. The molecule has 3 N–H and O–H groups in total. The Balaban J connectivity index is 2.69. The van der Waals surface area contributed by atoms with Gasteiger partial charge < -0.3 is 25.3 Å². The van der Waals surface area contributed by atoms with Crippen molar-refractivity contribution < 1.29 is 28.6 Å². The molecule has 0 aliphatic heterocycles. The Morgan fingerprint density at radius 3 is 2.57 bits per heavy atom. The van der Waals surface area contributed by atoms with E-state index in [9.17, 15) is 14.4 Å². The summed E-state index contributed by atoms with van der Waals surface area (Å²) in [5.41, 5.74) is 14.0. The van der Waals surface area contributed by atoms with Gasteiger partial charge >= 0.3 is 18.2 Å². The lowest BCUT2D eigenvalue weighted by molar-refractivity contribution is -0.142. The average molecular weight is 421 g/mol.